The summed E-state index contributed by atoms with van der Waals surface area (Å²) in [5, 5.41) is 14.3. The first kappa shape index (κ1) is 17.9. The third kappa shape index (κ3) is 5.01. The van der Waals surface area contributed by atoms with Gasteiger partial charge in [-0.25, -0.2) is 0 Å². The van der Waals surface area contributed by atoms with Crippen molar-refractivity contribution in [1.82, 2.24) is 9.80 Å². The third-order valence-corrected chi connectivity index (χ3v) is 4.98. The molecule has 2 rings (SSSR count). The minimum atomic E-state index is -0.0517. The first-order valence-corrected chi connectivity index (χ1v) is 8.78. The largest absolute Gasteiger partial charge is 0.383 e. The summed E-state index contributed by atoms with van der Waals surface area (Å²) in [5.74, 6) is -0.0517. The summed E-state index contributed by atoms with van der Waals surface area (Å²) in [6.07, 6.45) is 1.06. The Labute approximate surface area is 141 Å². The number of nitrogens with one attached hydrogen (secondary N) is 1. The van der Waals surface area contributed by atoms with Crippen molar-refractivity contribution in [3.8, 4) is 6.07 Å². The van der Waals surface area contributed by atoms with Crippen LogP contribution in [0.15, 0.2) is 11.4 Å². The molecule has 1 aliphatic rings. The van der Waals surface area contributed by atoms with Crippen LogP contribution in [0.5, 0.6) is 0 Å². The van der Waals surface area contributed by atoms with Gasteiger partial charge in [0.05, 0.1) is 18.7 Å². The van der Waals surface area contributed by atoms with E-state index in [-0.39, 0.29) is 5.91 Å². The summed E-state index contributed by atoms with van der Waals surface area (Å²) in [5.41, 5.74) is 0.527. The third-order valence-electron chi connectivity index (χ3n) is 4.15. The van der Waals surface area contributed by atoms with E-state index in [4.69, 9.17) is 10.00 Å². The molecular formula is C16H24N4O2S. The molecule has 1 fully saturated rings. The molecule has 0 aromatic carbocycles. The fraction of sp³-hybridized carbons (Fsp3) is 0.625. The molecule has 1 aromatic rings. The Morgan fingerprint density at radius 3 is 3.09 bits per heavy atom. The topological polar surface area (TPSA) is 68.6 Å². The van der Waals surface area contributed by atoms with Gasteiger partial charge < -0.3 is 10.1 Å². The summed E-state index contributed by atoms with van der Waals surface area (Å²) in [4.78, 5) is 16.8. The van der Waals surface area contributed by atoms with Crippen LogP contribution in [0.1, 0.15) is 18.9 Å². The number of rotatable bonds is 7. The number of amides is 1. The van der Waals surface area contributed by atoms with Crippen molar-refractivity contribution >= 4 is 22.2 Å². The first-order chi connectivity index (χ1) is 11.2. The summed E-state index contributed by atoms with van der Waals surface area (Å²) < 4.78 is 5.16. The van der Waals surface area contributed by atoms with Gasteiger partial charge in [-0.2, -0.15) is 5.26 Å². The van der Waals surface area contributed by atoms with Gasteiger partial charge in [-0.3, -0.25) is 14.6 Å². The van der Waals surface area contributed by atoms with Crippen LogP contribution in [-0.2, 0) is 9.53 Å². The SMILES string of the molecule is CC[C@@H]1CN(CC(=O)Nc2sccc2C#N)CCN1CCOC. The quantitative estimate of drug-likeness (QED) is 0.819. The van der Waals surface area contributed by atoms with E-state index in [2.05, 4.69) is 28.1 Å². The molecule has 1 atom stereocenters. The van der Waals surface area contributed by atoms with Crippen LogP contribution in [0.25, 0.3) is 0 Å². The number of ether oxygens (including phenoxy) is 1. The average molecular weight is 336 g/mol. The van der Waals surface area contributed by atoms with E-state index < -0.39 is 0 Å². The summed E-state index contributed by atoms with van der Waals surface area (Å²) >= 11 is 1.38. The molecule has 0 aliphatic carbocycles. The highest BCUT2D eigenvalue weighted by Gasteiger charge is 2.26. The van der Waals surface area contributed by atoms with Crippen LogP contribution in [0.4, 0.5) is 5.00 Å². The molecular weight excluding hydrogens is 312 g/mol. The number of piperazine rings is 1. The molecule has 7 heteroatoms. The van der Waals surface area contributed by atoms with Gasteiger partial charge in [-0.1, -0.05) is 6.92 Å². The normalized spacial score (nSPS) is 19.4. The standard InChI is InChI=1S/C16H24N4O2S/c1-3-14-11-19(5-6-20(14)7-8-22-2)12-15(21)18-16-13(10-17)4-9-23-16/h4,9,14H,3,5-8,11-12H2,1-2H3,(H,18,21)/t14-/m1/s1. The molecule has 0 saturated carbocycles. The van der Waals surface area contributed by atoms with Crippen LogP contribution >= 0.6 is 11.3 Å². The Balaban J connectivity index is 1.84. The highest BCUT2D eigenvalue weighted by Crippen LogP contribution is 2.22. The molecule has 0 bridgehead atoms. The predicted octanol–water partition coefficient (Wildman–Crippen LogP) is 1.60. The monoisotopic (exact) mass is 336 g/mol. The number of methoxy groups -OCH3 is 1. The minimum Gasteiger partial charge on any atom is -0.383 e. The van der Waals surface area contributed by atoms with Crippen LogP contribution in [-0.4, -0.2) is 68.2 Å². The molecule has 2 heterocycles. The lowest BCUT2D eigenvalue weighted by Crippen LogP contribution is -2.54. The van der Waals surface area contributed by atoms with Crippen LogP contribution in [0.2, 0.25) is 0 Å². The second-order valence-electron chi connectivity index (χ2n) is 5.65. The van der Waals surface area contributed by atoms with E-state index >= 15 is 0 Å². The maximum absolute atomic E-state index is 12.2. The maximum Gasteiger partial charge on any atom is 0.239 e. The van der Waals surface area contributed by atoms with Crippen molar-refractivity contribution in [3.63, 3.8) is 0 Å². The summed E-state index contributed by atoms with van der Waals surface area (Å²) in [7, 11) is 1.72. The smallest absolute Gasteiger partial charge is 0.239 e. The molecule has 1 aromatic heterocycles. The van der Waals surface area contributed by atoms with Gasteiger partial charge >= 0.3 is 0 Å². The number of carbonyl (C=O) groups is 1. The lowest BCUT2D eigenvalue weighted by Gasteiger charge is -2.40. The number of thiophene rings is 1. The number of anilines is 1. The molecule has 6 nitrogen and oxygen atoms in total. The van der Waals surface area contributed by atoms with E-state index in [1.165, 1.54) is 11.3 Å². The lowest BCUT2D eigenvalue weighted by atomic mass is 10.1. The van der Waals surface area contributed by atoms with E-state index in [0.717, 1.165) is 39.2 Å². The zero-order valence-corrected chi connectivity index (χ0v) is 14.6. The van der Waals surface area contributed by atoms with Crippen LogP contribution in [0.3, 0.4) is 0 Å². The van der Waals surface area contributed by atoms with Crippen molar-refractivity contribution in [3.05, 3.63) is 17.0 Å². The highest BCUT2D eigenvalue weighted by molar-refractivity contribution is 7.14. The molecule has 1 N–H and O–H groups in total. The zero-order chi connectivity index (χ0) is 16.7. The van der Waals surface area contributed by atoms with E-state index in [9.17, 15) is 4.79 Å². The Kier molecular flexibility index (Phi) is 6.99. The second kappa shape index (κ2) is 8.99. The number of nitriles is 1. The Morgan fingerprint density at radius 1 is 1.57 bits per heavy atom. The molecule has 0 unspecified atom stereocenters. The molecule has 1 amide bonds. The van der Waals surface area contributed by atoms with E-state index in [1.54, 1.807) is 13.2 Å². The Bertz CT molecular complexity index is 555. The maximum atomic E-state index is 12.2. The molecule has 0 spiro atoms. The molecule has 1 aliphatic heterocycles. The predicted molar refractivity (Wildman–Crippen MR) is 91.6 cm³/mol. The van der Waals surface area contributed by atoms with Crippen molar-refractivity contribution in [1.29, 1.82) is 5.26 Å². The van der Waals surface area contributed by atoms with Gasteiger partial charge in [0.2, 0.25) is 5.91 Å². The minimum absolute atomic E-state index is 0.0517. The van der Waals surface area contributed by atoms with Crippen molar-refractivity contribution in [2.75, 3.05) is 51.8 Å². The summed E-state index contributed by atoms with van der Waals surface area (Å²) in [6, 6.07) is 4.28. The van der Waals surface area contributed by atoms with E-state index in [1.807, 2.05) is 5.38 Å². The average Bonchev–Trinajstić information content (AvgIpc) is 3.00. The Hall–Kier alpha value is -1.46. The number of carbonyl (C=O) groups excluding carboxylic acids is 1. The number of hydrogen-bond acceptors (Lipinski definition) is 6. The highest BCUT2D eigenvalue weighted by atomic mass is 32.1. The van der Waals surface area contributed by atoms with Crippen LogP contribution in [0, 0.1) is 11.3 Å². The fourth-order valence-electron chi connectivity index (χ4n) is 2.85. The van der Waals surface area contributed by atoms with Crippen molar-refractivity contribution < 1.29 is 9.53 Å². The lowest BCUT2D eigenvalue weighted by molar-refractivity contribution is -0.118. The first-order valence-electron chi connectivity index (χ1n) is 7.90. The second-order valence-corrected chi connectivity index (χ2v) is 6.57. The zero-order valence-electron chi connectivity index (χ0n) is 13.7. The van der Waals surface area contributed by atoms with Crippen molar-refractivity contribution in [2.45, 2.75) is 19.4 Å². The molecule has 126 valence electrons. The van der Waals surface area contributed by atoms with Gasteiger partial charge in [0, 0.05) is 39.3 Å². The summed E-state index contributed by atoms with van der Waals surface area (Å²) in [6.45, 7) is 6.96. The van der Waals surface area contributed by atoms with Gasteiger partial charge in [0.1, 0.15) is 11.1 Å². The molecule has 23 heavy (non-hydrogen) atoms. The number of hydrogen-bond donors (Lipinski definition) is 1. The van der Waals surface area contributed by atoms with Gasteiger partial charge in [-0.15, -0.1) is 11.3 Å². The van der Waals surface area contributed by atoms with Gasteiger partial charge in [0.25, 0.3) is 0 Å². The van der Waals surface area contributed by atoms with E-state index in [0.29, 0.717) is 23.2 Å². The fourth-order valence-corrected chi connectivity index (χ4v) is 3.61. The Morgan fingerprint density at radius 2 is 2.39 bits per heavy atom. The molecule has 0 radical (unpaired) electrons. The molecule has 1 saturated heterocycles. The van der Waals surface area contributed by atoms with Crippen molar-refractivity contribution in [2.24, 2.45) is 0 Å². The van der Waals surface area contributed by atoms with Gasteiger partial charge in [-0.05, 0) is 17.9 Å². The van der Waals surface area contributed by atoms with Gasteiger partial charge in [0.15, 0.2) is 0 Å². The number of nitrogens with zero attached hydrogens (tertiary/aromatic N) is 3. The van der Waals surface area contributed by atoms with Crippen LogP contribution < -0.4 is 5.32 Å².